The summed E-state index contributed by atoms with van der Waals surface area (Å²) in [5, 5.41) is 0. The second kappa shape index (κ2) is 7.21. The average molecular weight is 326 g/mol. The number of ether oxygens (including phenoxy) is 1. The zero-order valence-electron chi connectivity index (χ0n) is 12.7. The van der Waals surface area contributed by atoms with Crippen LogP contribution in [-0.4, -0.2) is 45.4 Å². The standard InChI is InChI=1S/C15H22N2O4S/c1-21-15(18)14-5-3-2-4-13(14)11-22(19,20)17-8-6-12(10-16)7-9-17/h2-5,12H,6-11,16H2,1H3. The van der Waals surface area contributed by atoms with E-state index < -0.39 is 16.0 Å². The number of benzene rings is 1. The molecule has 0 spiro atoms. The Balaban J connectivity index is 2.14. The van der Waals surface area contributed by atoms with Crippen LogP contribution in [0, 0.1) is 5.92 Å². The number of nitrogens with two attached hydrogens (primary N) is 1. The molecule has 6 nitrogen and oxygen atoms in total. The number of rotatable bonds is 5. The predicted molar refractivity (Wildman–Crippen MR) is 83.8 cm³/mol. The number of carbonyl (C=O) groups excluding carboxylic acids is 1. The lowest BCUT2D eigenvalue weighted by Crippen LogP contribution is -2.40. The Hall–Kier alpha value is -1.44. The van der Waals surface area contributed by atoms with Gasteiger partial charge in [0.05, 0.1) is 18.4 Å². The summed E-state index contributed by atoms with van der Waals surface area (Å²) < 4.78 is 31.3. The van der Waals surface area contributed by atoms with Crippen LogP contribution in [0.2, 0.25) is 0 Å². The van der Waals surface area contributed by atoms with Crippen molar-refractivity contribution in [2.24, 2.45) is 11.7 Å². The number of esters is 1. The minimum absolute atomic E-state index is 0.189. The first kappa shape index (κ1) is 16.9. The molecule has 7 heteroatoms. The minimum atomic E-state index is -3.45. The first-order valence-corrected chi connectivity index (χ1v) is 8.93. The molecule has 0 amide bonds. The van der Waals surface area contributed by atoms with E-state index in [-0.39, 0.29) is 5.75 Å². The third kappa shape index (κ3) is 3.85. The number of piperidine rings is 1. The molecule has 0 saturated carbocycles. The highest BCUT2D eigenvalue weighted by Crippen LogP contribution is 2.22. The number of hydrogen-bond acceptors (Lipinski definition) is 5. The van der Waals surface area contributed by atoms with Crippen molar-refractivity contribution in [1.29, 1.82) is 0 Å². The van der Waals surface area contributed by atoms with Gasteiger partial charge in [-0.05, 0) is 36.9 Å². The zero-order chi connectivity index (χ0) is 16.2. The number of hydrogen-bond donors (Lipinski definition) is 1. The van der Waals surface area contributed by atoms with Crippen LogP contribution in [-0.2, 0) is 20.5 Å². The summed E-state index contributed by atoms with van der Waals surface area (Å²) in [6, 6.07) is 6.64. The lowest BCUT2D eigenvalue weighted by molar-refractivity contribution is 0.0600. The summed E-state index contributed by atoms with van der Waals surface area (Å²) in [6.45, 7) is 1.58. The van der Waals surface area contributed by atoms with Gasteiger partial charge in [0.25, 0.3) is 0 Å². The van der Waals surface area contributed by atoms with Crippen molar-refractivity contribution in [3.05, 3.63) is 35.4 Å². The molecule has 0 atom stereocenters. The third-order valence-electron chi connectivity index (χ3n) is 4.06. The van der Waals surface area contributed by atoms with E-state index in [2.05, 4.69) is 0 Å². The molecule has 1 fully saturated rings. The molecule has 1 heterocycles. The molecule has 0 aliphatic carbocycles. The van der Waals surface area contributed by atoms with E-state index in [0.717, 1.165) is 12.8 Å². The topological polar surface area (TPSA) is 89.7 Å². The lowest BCUT2D eigenvalue weighted by Gasteiger charge is -2.30. The molecule has 1 aliphatic heterocycles. The number of methoxy groups -OCH3 is 1. The van der Waals surface area contributed by atoms with Crippen molar-refractivity contribution in [2.75, 3.05) is 26.7 Å². The molecule has 1 aliphatic rings. The van der Waals surface area contributed by atoms with Crippen LogP contribution in [0.1, 0.15) is 28.8 Å². The van der Waals surface area contributed by atoms with Crippen molar-refractivity contribution in [3.63, 3.8) is 0 Å². The summed E-state index contributed by atoms with van der Waals surface area (Å²) in [5.41, 5.74) is 6.39. The van der Waals surface area contributed by atoms with Crippen LogP contribution in [0.15, 0.2) is 24.3 Å². The fourth-order valence-corrected chi connectivity index (χ4v) is 4.26. The van der Waals surface area contributed by atoms with Crippen LogP contribution >= 0.6 is 0 Å². The second-order valence-electron chi connectivity index (χ2n) is 5.48. The maximum atomic E-state index is 12.6. The molecule has 1 aromatic carbocycles. The molecule has 0 bridgehead atoms. The summed E-state index contributed by atoms with van der Waals surface area (Å²) in [7, 11) is -2.16. The molecule has 122 valence electrons. The monoisotopic (exact) mass is 326 g/mol. The van der Waals surface area contributed by atoms with Crippen molar-refractivity contribution in [3.8, 4) is 0 Å². The Morgan fingerprint density at radius 3 is 2.55 bits per heavy atom. The van der Waals surface area contributed by atoms with Crippen LogP contribution in [0.3, 0.4) is 0 Å². The zero-order valence-corrected chi connectivity index (χ0v) is 13.5. The summed E-state index contributed by atoms with van der Waals surface area (Å²) >= 11 is 0. The quantitative estimate of drug-likeness (QED) is 0.815. The molecule has 1 aromatic rings. The van der Waals surface area contributed by atoms with E-state index >= 15 is 0 Å². The first-order valence-electron chi connectivity index (χ1n) is 7.32. The summed E-state index contributed by atoms with van der Waals surface area (Å²) in [4.78, 5) is 11.7. The SMILES string of the molecule is COC(=O)c1ccccc1CS(=O)(=O)N1CCC(CN)CC1. The van der Waals surface area contributed by atoms with Crippen molar-refractivity contribution in [1.82, 2.24) is 4.31 Å². The molecule has 1 saturated heterocycles. The molecule has 22 heavy (non-hydrogen) atoms. The number of carbonyl (C=O) groups is 1. The Morgan fingerprint density at radius 2 is 1.95 bits per heavy atom. The lowest BCUT2D eigenvalue weighted by atomic mass is 9.99. The highest BCUT2D eigenvalue weighted by atomic mass is 32.2. The third-order valence-corrected chi connectivity index (χ3v) is 5.89. The average Bonchev–Trinajstić information content (AvgIpc) is 2.54. The van der Waals surface area contributed by atoms with Gasteiger partial charge in [-0.15, -0.1) is 0 Å². The van der Waals surface area contributed by atoms with E-state index in [1.54, 1.807) is 24.3 Å². The Labute approximate surface area is 131 Å². The van der Waals surface area contributed by atoms with Gasteiger partial charge in [-0.2, -0.15) is 0 Å². The van der Waals surface area contributed by atoms with E-state index in [9.17, 15) is 13.2 Å². The molecule has 2 N–H and O–H groups in total. The normalized spacial score (nSPS) is 17.4. The smallest absolute Gasteiger partial charge is 0.338 e. The largest absolute Gasteiger partial charge is 0.465 e. The summed E-state index contributed by atoms with van der Waals surface area (Å²) in [6.07, 6.45) is 1.57. The van der Waals surface area contributed by atoms with Crippen LogP contribution in [0.5, 0.6) is 0 Å². The molecule has 0 radical (unpaired) electrons. The van der Waals surface area contributed by atoms with Crippen molar-refractivity contribution in [2.45, 2.75) is 18.6 Å². The van der Waals surface area contributed by atoms with Crippen LogP contribution in [0.25, 0.3) is 0 Å². The second-order valence-corrected chi connectivity index (χ2v) is 7.45. The minimum Gasteiger partial charge on any atom is -0.465 e. The van der Waals surface area contributed by atoms with Gasteiger partial charge in [0.1, 0.15) is 0 Å². The summed E-state index contributed by atoms with van der Waals surface area (Å²) in [5.74, 6) is -0.313. The van der Waals surface area contributed by atoms with Crippen LogP contribution in [0.4, 0.5) is 0 Å². The molecule has 2 rings (SSSR count). The van der Waals surface area contributed by atoms with Gasteiger partial charge in [0.2, 0.25) is 10.0 Å². The van der Waals surface area contributed by atoms with Gasteiger partial charge in [-0.1, -0.05) is 18.2 Å². The van der Waals surface area contributed by atoms with E-state index in [1.807, 2.05) is 0 Å². The Kier molecular flexibility index (Phi) is 5.55. The fourth-order valence-electron chi connectivity index (χ4n) is 2.67. The van der Waals surface area contributed by atoms with Crippen molar-refractivity contribution >= 4 is 16.0 Å². The van der Waals surface area contributed by atoms with E-state index in [1.165, 1.54) is 11.4 Å². The Bertz CT molecular complexity index is 622. The number of sulfonamides is 1. The highest BCUT2D eigenvalue weighted by Gasteiger charge is 2.28. The predicted octanol–water partition coefficient (Wildman–Crippen LogP) is 0.974. The van der Waals surface area contributed by atoms with E-state index in [4.69, 9.17) is 10.5 Å². The Morgan fingerprint density at radius 1 is 1.32 bits per heavy atom. The van der Waals surface area contributed by atoms with Gasteiger partial charge in [0, 0.05) is 13.1 Å². The molecule has 0 unspecified atom stereocenters. The van der Waals surface area contributed by atoms with Crippen LogP contribution < -0.4 is 5.73 Å². The number of nitrogens with zero attached hydrogens (tertiary/aromatic N) is 1. The van der Waals surface area contributed by atoms with Crippen molar-refractivity contribution < 1.29 is 17.9 Å². The van der Waals surface area contributed by atoms with Gasteiger partial charge < -0.3 is 10.5 Å². The highest BCUT2D eigenvalue weighted by molar-refractivity contribution is 7.88. The van der Waals surface area contributed by atoms with Gasteiger partial charge in [-0.3, -0.25) is 0 Å². The fraction of sp³-hybridized carbons (Fsp3) is 0.533. The molecular formula is C15H22N2O4S. The first-order chi connectivity index (χ1) is 10.5. The van der Waals surface area contributed by atoms with Gasteiger partial charge >= 0.3 is 5.97 Å². The molecule has 0 aromatic heterocycles. The maximum Gasteiger partial charge on any atom is 0.338 e. The van der Waals surface area contributed by atoms with E-state index in [0.29, 0.717) is 36.7 Å². The van der Waals surface area contributed by atoms with Gasteiger partial charge in [-0.25, -0.2) is 17.5 Å². The van der Waals surface area contributed by atoms with Gasteiger partial charge in [0.15, 0.2) is 0 Å². The maximum absolute atomic E-state index is 12.6. The molecular weight excluding hydrogens is 304 g/mol.